The molecule has 0 spiro atoms. The largest absolute Gasteiger partial charge is 0.383 e. The fourth-order valence-electron chi connectivity index (χ4n) is 1.32. The number of aromatic nitrogens is 2. The molecule has 0 aromatic carbocycles. The molecule has 0 aliphatic carbocycles. The van der Waals surface area contributed by atoms with Crippen molar-refractivity contribution in [3.05, 3.63) is 23.8 Å². The highest BCUT2D eigenvalue weighted by atomic mass is 16.5. The quantitative estimate of drug-likeness (QED) is 0.289. The Bertz CT molecular complexity index is 378. The summed E-state index contributed by atoms with van der Waals surface area (Å²) in [6.45, 7) is 4.85. The number of aliphatic imine (C=N–C) groups is 1. The molecule has 1 aromatic heterocycles. The molecule has 100 valence electrons. The summed E-state index contributed by atoms with van der Waals surface area (Å²) in [6.07, 6.45) is 3.41. The van der Waals surface area contributed by atoms with Crippen molar-refractivity contribution in [3.8, 4) is 0 Å². The van der Waals surface area contributed by atoms with Crippen LogP contribution in [0.3, 0.4) is 0 Å². The van der Waals surface area contributed by atoms with E-state index < -0.39 is 0 Å². The number of nitrogens with zero attached hydrogens (tertiary/aromatic N) is 3. The normalized spacial score (nSPS) is 13.2. The average Bonchev–Trinajstić information content (AvgIpc) is 2.36. The Hall–Kier alpha value is -1.73. The van der Waals surface area contributed by atoms with Crippen molar-refractivity contribution < 1.29 is 4.74 Å². The summed E-state index contributed by atoms with van der Waals surface area (Å²) in [5, 5.41) is 3.09. The molecular formula is C11H20N6O. The zero-order valence-corrected chi connectivity index (χ0v) is 11.0. The number of ether oxygens (including phenoxy) is 1. The van der Waals surface area contributed by atoms with E-state index in [1.807, 2.05) is 13.8 Å². The minimum atomic E-state index is 0.119. The van der Waals surface area contributed by atoms with Crippen LogP contribution in [0.15, 0.2) is 17.4 Å². The lowest BCUT2D eigenvalue weighted by atomic mass is 10.4. The van der Waals surface area contributed by atoms with Crippen molar-refractivity contribution in [3.63, 3.8) is 0 Å². The number of methoxy groups -OCH3 is 1. The van der Waals surface area contributed by atoms with E-state index in [9.17, 15) is 0 Å². The van der Waals surface area contributed by atoms with Crippen molar-refractivity contribution in [2.75, 3.05) is 13.7 Å². The Morgan fingerprint density at radius 3 is 2.83 bits per heavy atom. The molecule has 0 aliphatic heterocycles. The van der Waals surface area contributed by atoms with E-state index >= 15 is 0 Å². The molecule has 1 rings (SSSR count). The maximum Gasteiger partial charge on any atom is 0.206 e. The number of guanidine groups is 1. The van der Waals surface area contributed by atoms with E-state index in [0.29, 0.717) is 19.1 Å². The summed E-state index contributed by atoms with van der Waals surface area (Å²) in [5.41, 5.74) is 4.18. The Labute approximate surface area is 107 Å². The average molecular weight is 252 g/mol. The third kappa shape index (κ3) is 5.07. The van der Waals surface area contributed by atoms with Crippen molar-refractivity contribution in [2.24, 2.45) is 10.8 Å². The monoisotopic (exact) mass is 252 g/mol. The van der Waals surface area contributed by atoms with Crippen LogP contribution in [0.5, 0.6) is 0 Å². The van der Waals surface area contributed by atoms with Gasteiger partial charge in [-0.2, -0.15) is 0 Å². The third-order valence-corrected chi connectivity index (χ3v) is 2.17. The molecule has 0 bridgehead atoms. The zero-order chi connectivity index (χ0) is 13.4. The van der Waals surface area contributed by atoms with Gasteiger partial charge in [-0.05, 0) is 13.8 Å². The molecular weight excluding hydrogens is 232 g/mol. The molecule has 4 N–H and O–H groups in total. The van der Waals surface area contributed by atoms with Crippen LogP contribution in [0.2, 0.25) is 0 Å². The first-order chi connectivity index (χ1) is 8.65. The Balaban J connectivity index is 2.54. The zero-order valence-electron chi connectivity index (χ0n) is 11.0. The fourth-order valence-corrected chi connectivity index (χ4v) is 1.32. The lowest BCUT2D eigenvalue weighted by Gasteiger charge is -2.15. The van der Waals surface area contributed by atoms with Crippen molar-refractivity contribution in [1.29, 1.82) is 0 Å². The number of hydrogen-bond acceptors (Lipinski definition) is 5. The van der Waals surface area contributed by atoms with Gasteiger partial charge >= 0.3 is 0 Å². The highest BCUT2D eigenvalue weighted by Gasteiger charge is 2.03. The van der Waals surface area contributed by atoms with E-state index in [0.717, 1.165) is 11.4 Å². The van der Waals surface area contributed by atoms with Gasteiger partial charge in [-0.3, -0.25) is 15.4 Å². The van der Waals surface area contributed by atoms with Crippen LogP contribution in [0, 0.1) is 6.92 Å². The summed E-state index contributed by atoms with van der Waals surface area (Å²) < 4.78 is 5.02. The van der Waals surface area contributed by atoms with Gasteiger partial charge in [0.1, 0.15) is 0 Å². The molecule has 0 saturated heterocycles. The minimum absolute atomic E-state index is 0.119. The van der Waals surface area contributed by atoms with Crippen LogP contribution >= 0.6 is 0 Å². The predicted octanol–water partition coefficient (Wildman–Crippen LogP) is -0.271. The van der Waals surface area contributed by atoms with Crippen LogP contribution < -0.4 is 16.6 Å². The van der Waals surface area contributed by atoms with Crippen LogP contribution in [-0.2, 0) is 11.3 Å². The first kappa shape index (κ1) is 14.3. The molecule has 0 radical (unpaired) electrons. The van der Waals surface area contributed by atoms with Crippen molar-refractivity contribution >= 4 is 5.96 Å². The van der Waals surface area contributed by atoms with E-state index in [4.69, 9.17) is 10.6 Å². The maximum atomic E-state index is 5.39. The summed E-state index contributed by atoms with van der Waals surface area (Å²) >= 11 is 0. The molecule has 1 atom stereocenters. The molecule has 1 unspecified atom stereocenters. The highest BCUT2D eigenvalue weighted by molar-refractivity contribution is 5.79. The molecule has 0 amide bonds. The lowest BCUT2D eigenvalue weighted by Crippen LogP contribution is -2.46. The SMILES string of the molecule is COCC(C)NC(=NCc1cnc(C)cn1)NN. The lowest BCUT2D eigenvalue weighted by molar-refractivity contribution is 0.179. The molecule has 18 heavy (non-hydrogen) atoms. The van der Waals surface area contributed by atoms with Crippen LogP contribution in [0.25, 0.3) is 0 Å². The first-order valence-electron chi connectivity index (χ1n) is 5.69. The van der Waals surface area contributed by atoms with Gasteiger partial charge in [0.15, 0.2) is 0 Å². The van der Waals surface area contributed by atoms with Crippen LogP contribution in [0.4, 0.5) is 0 Å². The smallest absolute Gasteiger partial charge is 0.206 e. The number of rotatable bonds is 5. The van der Waals surface area contributed by atoms with Gasteiger partial charge in [-0.15, -0.1) is 0 Å². The standard InChI is InChI=1S/C11H20N6O/c1-8-4-14-10(5-13-8)6-15-11(17-12)16-9(2)7-18-3/h4-5,9H,6-7,12H2,1-3H3,(H2,15,16,17). The van der Waals surface area contributed by atoms with E-state index in [2.05, 4.69) is 25.7 Å². The topological polar surface area (TPSA) is 97.4 Å². The molecule has 0 saturated carbocycles. The van der Waals surface area contributed by atoms with E-state index in [-0.39, 0.29) is 6.04 Å². The number of nitrogens with two attached hydrogens (primary N) is 1. The maximum absolute atomic E-state index is 5.39. The second kappa shape index (κ2) is 7.57. The highest BCUT2D eigenvalue weighted by Crippen LogP contribution is 1.96. The first-order valence-corrected chi connectivity index (χ1v) is 5.69. The van der Waals surface area contributed by atoms with Gasteiger partial charge in [0, 0.05) is 19.3 Å². The van der Waals surface area contributed by atoms with Gasteiger partial charge in [0.2, 0.25) is 5.96 Å². The van der Waals surface area contributed by atoms with Gasteiger partial charge < -0.3 is 10.1 Å². The molecule has 7 heteroatoms. The number of hydrazine groups is 1. The van der Waals surface area contributed by atoms with Crippen LogP contribution in [-0.4, -0.2) is 35.7 Å². The Kier molecular flexibility index (Phi) is 6.03. The summed E-state index contributed by atoms with van der Waals surface area (Å²) in [4.78, 5) is 12.6. The second-order valence-electron chi connectivity index (χ2n) is 3.96. The third-order valence-electron chi connectivity index (χ3n) is 2.17. The van der Waals surface area contributed by atoms with Gasteiger partial charge in [-0.1, -0.05) is 0 Å². The van der Waals surface area contributed by atoms with E-state index in [1.54, 1.807) is 19.5 Å². The van der Waals surface area contributed by atoms with Crippen molar-refractivity contribution in [1.82, 2.24) is 20.7 Å². The summed E-state index contributed by atoms with van der Waals surface area (Å²) in [6, 6.07) is 0.119. The van der Waals surface area contributed by atoms with Crippen molar-refractivity contribution in [2.45, 2.75) is 26.4 Å². The molecule has 1 heterocycles. The van der Waals surface area contributed by atoms with Gasteiger partial charge in [0.25, 0.3) is 0 Å². The Morgan fingerprint density at radius 2 is 2.28 bits per heavy atom. The van der Waals surface area contributed by atoms with E-state index in [1.165, 1.54) is 0 Å². The molecule has 7 nitrogen and oxygen atoms in total. The number of hydrogen-bond donors (Lipinski definition) is 3. The van der Waals surface area contributed by atoms with Gasteiger partial charge in [-0.25, -0.2) is 10.8 Å². The molecule has 0 aliphatic rings. The summed E-state index contributed by atoms with van der Waals surface area (Å²) in [7, 11) is 1.65. The number of aryl methyl sites for hydroxylation is 1. The minimum Gasteiger partial charge on any atom is -0.383 e. The molecule has 1 aromatic rings. The molecule has 0 fully saturated rings. The summed E-state index contributed by atoms with van der Waals surface area (Å²) in [5.74, 6) is 5.89. The number of nitrogens with one attached hydrogen (secondary N) is 2. The fraction of sp³-hybridized carbons (Fsp3) is 0.545. The second-order valence-corrected chi connectivity index (χ2v) is 3.96. The van der Waals surface area contributed by atoms with Gasteiger partial charge in [0.05, 0.1) is 30.7 Å². The predicted molar refractivity (Wildman–Crippen MR) is 69.7 cm³/mol. The Morgan fingerprint density at radius 1 is 1.50 bits per heavy atom. The van der Waals surface area contributed by atoms with Crippen LogP contribution in [0.1, 0.15) is 18.3 Å².